The van der Waals surface area contributed by atoms with Gasteiger partial charge in [-0.3, -0.25) is 0 Å². The Hall–Kier alpha value is -1.22. The van der Waals surface area contributed by atoms with Crippen molar-refractivity contribution in [2.45, 2.75) is 19.8 Å². The average Bonchev–Trinajstić information content (AvgIpc) is 2.24. The maximum Gasteiger partial charge on any atom is 0.129 e. The Labute approximate surface area is 95.2 Å². The SMILES string of the molecule is CNCC/C=C(/C)Cc1c(F)cccc1F. The topological polar surface area (TPSA) is 12.0 Å². The number of nitrogens with one attached hydrogen (secondary N) is 1. The minimum atomic E-state index is -0.471. The molecule has 0 radical (unpaired) electrons. The lowest BCUT2D eigenvalue weighted by Crippen LogP contribution is -2.06. The first-order chi connectivity index (χ1) is 7.65. The summed E-state index contributed by atoms with van der Waals surface area (Å²) >= 11 is 0. The van der Waals surface area contributed by atoms with Gasteiger partial charge in [0.2, 0.25) is 0 Å². The Balaban J connectivity index is 2.69. The van der Waals surface area contributed by atoms with Gasteiger partial charge in [-0.1, -0.05) is 17.7 Å². The number of benzene rings is 1. The molecule has 1 aromatic carbocycles. The van der Waals surface area contributed by atoms with Crippen LogP contribution in [0.1, 0.15) is 18.9 Å². The summed E-state index contributed by atoms with van der Waals surface area (Å²) in [4.78, 5) is 0. The smallest absolute Gasteiger partial charge is 0.129 e. The van der Waals surface area contributed by atoms with Crippen molar-refractivity contribution in [2.24, 2.45) is 0 Å². The Morgan fingerprint density at radius 3 is 2.50 bits per heavy atom. The van der Waals surface area contributed by atoms with Crippen LogP contribution in [0.4, 0.5) is 8.78 Å². The van der Waals surface area contributed by atoms with Crippen molar-refractivity contribution in [1.82, 2.24) is 5.32 Å². The molecule has 88 valence electrons. The van der Waals surface area contributed by atoms with Gasteiger partial charge in [0.15, 0.2) is 0 Å². The normalized spacial score (nSPS) is 11.9. The summed E-state index contributed by atoms with van der Waals surface area (Å²) in [6.07, 6.45) is 3.21. The number of hydrogen-bond donors (Lipinski definition) is 1. The molecule has 3 heteroatoms. The molecule has 0 bridgehead atoms. The Morgan fingerprint density at radius 1 is 1.31 bits per heavy atom. The Morgan fingerprint density at radius 2 is 1.94 bits per heavy atom. The summed E-state index contributed by atoms with van der Waals surface area (Å²) < 4.78 is 26.6. The highest BCUT2D eigenvalue weighted by molar-refractivity contribution is 5.24. The lowest BCUT2D eigenvalue weighted by atomic mass is 10.0. The summed E-state index contributed by atoms with van der Waals surface area (Å²) in [6.45, 7) is 2.76. The van der Waals surface area contributed by atoms with Gasteiger partial charge in [-0.05, 0) is 45.5 Å². The second-order valence-electron chi connectivity index (χ2n) is 3.82. The van der Waals surface area contributed by atoms with Gasteiger partial charge in [-0.15, -0.1) is 0 Å². The first-order valence-electron chi connectivity index (χ1n) is 5.38. The molecule has 0 heterocycles. The van der Waals surface area contributed by atoms with Crippen LogP contribution in [0.3, 0.4) is 0 Å². The van der Waals surface area contributed by atoms with Crippen LogP contribution < -0.4 is 5.32 Å². The fourth-order valence-electron chi connectivity index (χ4n) is 1.52. The summed E-state index contributed by atoms with van der Waals surface area (Å²) in [5.74, 6) is -0.942. The Bertz CT molecular complexity index is 352. The molecule has 0 spiro atoms. The van der Waals surface area contributed by atoms with Crippen LogP contribution >= 0.6 is 0 Å². The van der Waals surface area contributed by atoms with Crippen LogP contribution in [-0.2, 0) is 6.42 Å². The molecule has 0 aliphatic carbocycles. The van der Waals surface area contributed by atoms with Crippen molar-refractivity contribution in [3.63, 3.8) is 0 Å². The minimum absolute atomic E-state index is 0.153. The van der Waals surface area contributed by atoms with Crippen LogP contribution in [0.5, 0.6) is 0 Å². The van der Waals surface area contributed by atoms with Gasteiger partial charge in [0.1, 0.15) is 11.6 Å². The quantitative estimate of drug-likeness (QED) is 0.600. The fourth-order valence-corrected chi connectivity index (χ4v) is 1.52. The lowest BCUT2D eigenvalue weighted by Gasteiger charge is -2.05. The van der Waals surface area contributed by atoms with Gasteiger partial charge in [-0.2, -0.15) is 0 Å². The summed E-state index contributed by atoms with van der Waals surface area (Å²) in [5, 5.41) is 3.02. The largest absolute Gasteiger partial charge is 0.319 e. The third-order valence-corrected chi connectivity index (χ3v) is 2.40. The predicted molar refractivity (Wildman–Crippen MR) is 62.4 cm³/mol. The summed E-state index contributed by atoms with van der Waals surface area (Å²) in [5.41, 5.74) is 1.14. The fraction of sp³-hybridized carbons (Fsp3) is 0.385. The van der Waals surface area contributed by atoms with E-state index < -0.39 is 11.6 Å². The maximum absolute atomic E-state index is 13.3. The van der Waals surface area contributed by atoms with E-state index in [4.69, 9.17) is 0 Å². The molecule has 0 fully saturated rings. The third-order valence-electron chi connectivity index (χ3n) is 2.40. The van der Waals surface area contributed by atoms with E-state index in [-0.39, 0.29) is 5.56 Å². The van der Waals surface area contributed by atoms with Gasteiger partial charge < -0.3 is 5.32 Å². The molecule has 1 rings (SSSR count). The monoisotopic (exact) mass is 225 g/mol. The first kappa shape index (κ1) is 12.8. The molecule has 16 heavy (non-hydrogen) atoms. The molecule has 0 aliphatic heterocycles. The zero-order chi connectivity index (χ0) is 12.0. The summed E-state index contributed by atoms with van der Waals surface area (Å²) in [6, 6.07) is 3.97. The molecule has 0 saturated carbocycles. The van der Waals surface area contributed by atoms with Crippen LogP contribution in [-0.4, -0.2) is 13.6 Å². The van der Waals surface area contributed by atoms with E-state index in [1.54, 1.807) is 0 Å². The molecule has 0 saturated heterocycles. The van der Waals surface area contributed by atoms with Crippen molar-refractivity contribution < 1.29 is 8.78 Å². The predicted octanol–water partition coefficient (Wildman–Crippen LogP) is 3.06. The van der Waals surface area contributed by atoms with Crippen molar-refractivity contribution in [2.75, 3.05) is 13.6 Å². The van der Waals surface area contributed by atoms with Gasteiger partial charge in [-0.25, -0.2) is 8.78 Å². The van der Waals surface area contributed by atoms with E-state index in [9.17, 15) is 8.78 Å². The van der Waals surface area contributed by atoms with E-state index in [1.165, 1.54) is 18.2 Å². The standard InChI is InChI=1S/C13H17F2N/c1-10(5-4-8-16-2)9-11-12(14)6-3-7-13(11)15/h3,5-7,16H,4,8-9H2,1-2H3/b10-5-. The highest BCUT2D eigenvalue weighted by Gasteiger charge is 2.08. The molecular formula is C13H17F2N. The van der Waals surface area contributed by atoms with E-state index in [0.717, 1.165) is 18.5 Å². The zero-order valence-corrected chi connectivity index (χ0v) is 9.69. The number of hydrogen-bond acceptors (Lipinski definition) is 1. The molecule has 1 aromatic rings. The van der Waals surface area contributed by atoms with E-state index in [2.05, 4.69) is 5.32 Å². The number of halogens is 2. The number of allylic oxidation sites excluding steroid dienone is 1. The van der Waals surface area contributed by atoms with Gasteiger partial charge in [0.05, 0.1) is 0 Å². The van der Waals surface area contributed by atoms with Gasteiger partial charge in [0, 0.05) is 5.56 Å². The van der Waals surface area contributed by atoms with Crippen LogP contribution in [0.25, 0.3) is 0 Å². The Kier molecular flexibility index (Phi) is 5.12. The van der Waals surface area contributed by atoms with Crippen molar-refractivity contribution >= 4 is 0 Å². The van der Waals surface area contributed by atoms with Crippen LogP contribution in [0.2, 0.25) is 0 Å². The van der Waals surface area contributed by atoms with Crippen LogP contribution in [0.15, 0.2) is 29.8 Å². The third kappa shape index (κ3) is 3.74. The van der Waals surface area contributed by atoms with Gasteiger partial charge >= 0.3 is 0 Å². The average molecular weight is 225 g/mol. The van der Waals surface area contributed by atoms with E-state index in [1.807, 2.05) is 20.0 Å². The van der Waals surface area contributed by atoms with Gasteiger partial charge in [0.25, 0.3) is 0 Å². The van der Waals surface area contributed by atoms with E-state index in [0.29, 0.717) is 6.42 Å². The molecule has 0 atom stereocenters. The maximum atomic E-state index is 13.3. The van der Waals surface area contributed by atoms with Crippen molar-refractivity contribution in [1.29, 1.82) is 0 Å². The molecule has 0 unspecified atom stereocenters. The molecule has 1 nitrogen and oxygen atoms in total. The van der Waals surface area contributed by atoms with Crippen LogP contribution in [0, 0.1) is 11.6 Å². The number of rotatable bonds is 5. The molecule has 0 aliphatic rings. The second-order valence-corrected chi connectivity index (χ2v) is 3.82. The summed E-state index contributed by atoms with van der Waals surface area (Å²) in [7, 11) is 1.87. The molecular weight excluding hydrogens is 208 g/mol. The van der Waals surface area contributed by atoms with Crippen molar-refractivity contribution in [3.05, 3.63) is 47.0 Å². The first-order valence-corrected chi connectivity index (χ1v) is 5.38. The van der Waals surface area contributed by atoms with E-state index >= 15 is 0 Å². The molecule has 0 aromatic heterocycles. The molecule has 0 amide bonds. The zero-order valence-electron chi connectivity index (χ0n) is 9.69. The highest BCUT2D eigenvalue weighted by Crippen LogP contribution is 2.16. The lowest BCUT2D eigenvalue weighted by molar-refractivity contribution is 0.560. The highest BCUT2D eigenvalue weighted by atomic mass is 19.1. The second kappa shape index (κ2) is 6.38. The minimum Gasteiger partial charge on any atom is -0.319 e. The van der Waals surface area contributed by atoms with Crippen molar-refractivity contribution in [3.8, 4) is 0 Å². The molecule has 1 N–H and O–H groups in total.